The van der Waals surface area contributed by atoms with Crippen molar-refractivity contribution in [1.82, 2.24) is 5.32 Å². The van der Waals surface area contributed by atoms with Gasteiger partial charge in [0.05, 0.1) is 19.8 Å². The van der Waals surface area contributed by atoms with Crippen molar-refractivity contribution in [3.8, 4) is 0 Å². The van der Waals surface area contributed by atoms with Crippen LogP contribution in [0, 0.1) is 0 Å². The molecule has 2 fully saturated rings. The highest BCUT2D eigenvalue weighted by atomic mass is 16.7. The Bertz CT molecular complexity index is 635. The van der Waals surface area contributed by atoms with Crippen LogP contribution in [0.4, 0.5) is 0 Å². The number of carbonyl (C=O) groups is 1. The number of carbonyl (C=O) groups excluding carboxylic acids is 1. The van der Waals surface area contributed by atoms with Gasteiger partial charge in [-0.3, -0.25) is 4.79 Å². The molecular weight excluding hydrogens is 424 g/mol. The van der Waals surface area contributed by atoms with E-state index in [1.807, 2.05) is 0 Å². The Kier molecular flexibility index (Phi) is 9.80. The quantitative estimate of drug-likeness (QED) is 0.0772. The number of ether oxygens (including phenoxy) is 4. The maximum Gasteiger partial charge on any atom is 0.217 e. The molecule has 0 aromatic heterocycles. The van der Waals surface area contributed by atoms with Crippen molar-refractivity contribution >= 4 is 5.91 Å². The van der Waals surface area contributed by atoms with E-state index in [1.165, 1.54) is 6.92 Å². The molecule has 15 heteroatoms. The van der Waals surface area contributed by atoms with E-state index in [4.69, 9.17) is 24.5 Å². The monoisotopic (exact) mass is 452 g/mol. The Morgan fingerprint density at radius 3 is 2.26 bits per heavy atom. The molecule has 31 heavy (non-hydrogen) atoms. The van der Waals surface area contributed by atoms with Crippen molar-refractivity contribution in [2.45, 2.75) is 68.3 Å². The molecule has 2 aliphatic rings. The first-order chi connectivity index (χ1) is 14.7. The zero-order valence-corrected chi connectivity index (χ0v) is 16.7. The Morgan fingerprint density at radius 2 is 1.68 bits per heavy atom. The van der Waals surface area contributed by atoms with Gasteiger partial charge in [0.2, 0.25) is 5.91 Å². The molecule has 0 aromatic rings. The predicted octanol–water partition coefficient (Wildman–Crippen LogP) is -3.92. The summed E-state index contributed by atoms with van der Waals surface area (Å²) in [5.41, 5.74) is 8.32. The SMILES string of the molecule is CC(=O)N[C@@H]1[C@H](OCCN=[N+]=[N-])O[C@H](CO)[C@@H](O[C@@H]2O[C@@H](CO)[C@H](O)[C@H](O)[C@H]2O)[C@@H]1O. The topological polar surface area (TPSA) is 236 Å². The van der Waals surface area contributed by atoms with E-state index in [-0.39, 0.29) is 13.2 Å². The predicted molar refractivity (Wildman–Crippen MR) is 98.0 cm³/mol. The smallest absolute Gasteiger partial charge is 0.217 e. The van der Waals surface area contributed by atoms with E-state index in [1.54, 1.807) is 0 Å². The average molecular weight is 452 g/mol. The molecule has 2 rings (SSSR count). The fourth-order valence-electron chi connectivity index (χ4n) is 3.35. The highest BCUT2D eigenvalue weighted by Crippen LogP contribution is 2.29. The van der Waals surface area contributed by atoms with Gasteiger partial charge in [-0.15, -0.1) is 0 Å². The van der Waals surface area contributed by atoms with E-state index in [0.717, 1.165) is 0 Å². The lowest BCUT2D eigenvalue weighted by Crippen LogP contribution is -2.67. The number of nitrogens with one attached hydrogen (secondary N) is 1. The van der Waals surface area contributed by atoms with Crippen LogP contribution in [0.2, 0.25) is 0 Å². The van der Waals surface area contributed by atoms with Crippen LogP contribution < -0.4 is 5.32 Å². The summed E-state index contributed by atoms with van der Waals surface area (Å²) in [7, 11) is 0. The van der Waals surface area contributed by atoms with Crippen molar-refractivity contribution in [3.05, 3.63) is 10.4 Å². The number of amides is 1. The largest absolute Gasteiger partial charge is 0.394 e. The molecular formula is C16H28N4O11. The molecule has 15 nitrogen and oxygen atoms in total. The first-order valence-corrected chi connectivity index (χ1v) is 9.55. The van der Waals surface area contributed by atoms with Crippen LogP contribution in [0.15, 0.2) is 5.11 Å². The van der Waals surface area contributed by atoms with Gasteiger partial charge in [0.15, 0.2) is 12.6 Å². The van der Waals surface area contributed by atoms with Crippen LogP contribution in [-0.4, -0.2) is 124 Å². The molecule has 0 unspecified atom stereocenters. The summed E-state index contributed by atoms with van der Waals surface area (Å²) in [5.74, 6) is -0.537. The summed E-state index contributed by atoms with van der Waals surface area (Å²) in [4.78, 5) is 14.2. The number of hydrogen-bond donors (Lipinski definition) is 7. The lowest BCUT2D eigenvalue weighted by Gasteiger charge is -2.47. The zero-order valence-electron chi connectivity index (χ0n) is 16.7. The molecule has 0 aromatic carbocycles. The Morgan fingerprint density at radius 1 is 1.03 bits per heavy atom. The molecule has 2 heterocycles. The zero-order chi connectivity index (χ0) is 23.1. The summed E-state index contributed by atoms with van der Waals surface area (Å²) >= 11 is 0. The molecule has 178 valence electrons. The second kappa shape index (κ2) is 11.8. The molecule has 10 atom stereocenters. The number of aliphatic hydroxyl groups is 6. The summed E-state index contributed by atoms with van der Waals surface area (Å²) in [6, 6.07) is -1.18. The van der Waals surface area contributed by atoms with Gasteiger partial charge in [-0.2, -0.15) is 0 Å². The Hall–Kier alpha value is -1.62. The first-order valence-electron chi connectivity index (χ1n) is 9.55. The van der Waals surface area contributed by atoms with Crippen molar-refractivity contribution in [2.24, 2.45) is 5.11 Å². The van der Waals surface area contributed by atoms with Gasteiger partial charge in [-0.25, -0.2) is 0 Å². The van der Waals surface area contributed by atoms with Crippen LogP contribution >= 0.6 is 0 Å². The molecule has 7 N–H and O–H groups in total. The van der Waals surface area contributed by atoms with Gasteiger partial charge in [0, 0.05) is 18.4 Å². The van der Waals surface area contributed by atoms with E-state index < -0.39 is 80.5 Å². The maximum atomic E-state index is 11.6. The van der Waals surface area contributed by atoms with Crippen LogP contribution in [0.1, 0.15) is 6.92 Å². The summed E-state index contributed by atoms with van der Waals surface area (Å²) in [6.45, 7) is -0.313. The normalized spacial score (nSPS) is 40.7. The molecule has 2 saturated heterocycles. The Labute approximate surface area is 176 Å². The standard InChI is InChI=1S/C16H28N4O11/c1-6(23)19-9-11(25)14(8(5-22)30-15(9)28-3-2-18-20-17)31-16-13(27)12(26)10(24)7(4-21)29-16/h7-16,21-22,24-27H,2-5H2,1H3,(H,19,23)/t7-,8+,9-,10-,11+,12-,13+,14+,15+,16-/m0/s1. The lowest BCUT2D eigenvalue weighted by atomic mass is 9.95. The highest BCUT2D eigenvalue weighted by Gasteiger charge is 2.51. The summed E-state index contributed by atoms with van der Waals surface area (Å²) in [6.07, 6.45) is -13.3. The van der Waals surface area contributed by atoms with E-state index >= 15 is 0 Å². The number of nitrogens with zero attached hydrogens (tertiary/aromatic N) is 3. The van der Waals surface area contributed by atoms with Gasteiger partial charge < -0.3 is 54.9 Å². The first kappa shape index (κ1) is 25.6. The van der Waals surface area contributed by atoms with E-state index in [0.29, 0.717) is 0 Å². The molecule has 2 aliphatic heterocycles. The van der Waals surface area contributed by atoms with Gasteiger partial charge in [-0.1, -0.05) is 5.11 Å². The molecule has 0 radical (unpaired) electrons. The summed E-state index contributed by atoms with van der Waals surface area (Å²) < 4.78 is 21.8. The lowest BCUT2D eigenvalue weighted by molar-refractivity contribution is -0.348. The fraction of sp³-hybridized carbons (Fsp3) is 0.938. The van der Waals surface area contributed by atoms with Crippen molar-refractivity contribution in [3.63, 3.8) is 0 Å². The van der Waals surface area contributed by atoms with Crippen LogP contribution in [0.3, 0.4) is 0 Å². The molecule has 0 saturated carbocycles. The third kappa shape index (κ3) is 6.21. The number of hydrogen-bond acceptors (Lipinski definition) is 12. The van der Waals surface area contributed by atoms with Gasteiger partial charge in [-0.05, 0) is 5.53 Å². The van der Waals surface area contributed by atoms with Gasteiger partial charge >= 0.3 is 0 Å². The van der Waals surface area contributed by atoms with E-state index in [9.17, 15) is 35.4 Å². The number of rotatable bonds is 9. The summed E-state index contributed by atoms with van der Waals surface area (Å²) in [5, 5.41) is 65.5. The molecule has 0 bridgehead atoms. The third-order valence-corrected chi connectivity index (χ3v) is 4.90. The van der Waals surface area contributed by atoms with Crippen LogP contribution in [0.5, 0.6) is 0 Å². The number of aliphatic hydroxyl groups excluding tert-OH is 6. The van der Waals surface area contributed by atoms with Crippen LogP contribution in [0.25, 0.3) is 10.4 Å². The third-order valence-electron chi connectivity index (χ3n) is 4.90. The molecule has 1 amide bonds. The minimum absolute atomic E-state index is 0.0478. The van der Waals surface area contributed by atoms with Crippen molar-refractivity contribution in [1.29, 1.82) is 0 Å². The van der Waals surface area contributed by atoms with Crippen LogP contribution in [-0.2, 0) is 23.7 Å². The van der Waals surface area contributed by atoms with Crippen molar-refractivity contribution in [2.75, 3.05) is 26.4 Å². The highest BCUT2D eigenvalue weighted by molar-refractivity contribution is 5.73. The fourth-order valence-corrected chi connectivity index (χ4v) is 3.35. The second-order valence-corrected chi connectivity index (χ2v) is 7.07. The van der Waals surface area contributed by atoms with Gasteiger partial charge in [0.25, 0.3) is 0 Å². The molecule has 0 spiro atoms. The average Bonchev–Trinajstić information content (AvgIpc) is 2.74. The van der Waals surface area contributed by atoms with Crippen molar-refractivity contribution < 1.29 is 54.4 Å². The molecule has 0 aliphatic carbocycles. The minimum Gasteiger partial charge on any atom is -0.394 e. The van der Waals surface area contributed by atoms with E-state index in [2.05, 4.69) is 15.3 Å². The Balaban J connectivity index is 2.18. The number of azide groups is 1. The second-order valence-electron chi connectivity index (χ2n) is 7.07. The maximum absolute atomic E-state index is 11.6. The van der Waals surface area contributed by atoms with Gasteiger partial charge in [0.1, 0.15) is 48.8 Å². The minimum atomic E-state index is -1.75.